The number of methoxy groups -OCH3 is 1. The topological polar surface area (TPSA) is 52.1 Å². The van der Waals surface area contributed by atoms with Gasteiger partial charge in [0.15, 0.2) is 0 Å². The molecular formula is C23H26N2O2. The maximum atomic E-state index is 11.4. The first kappa shape index (κ1) is 19.1. The first-order valence-electron chi connectivity index (χ1n) is 9.36. The van der Waals surface area contributed by atoms with Crippen molar-refractivity contribution >= 4 is 5.97 Å². The van der Waals surface area contributed by atoms with E-state index in [4.69, 9.17) is 0 Å². The van der Waals surface area contributed by atoms with Crippen molar-refractivity contribution in [3.8, 4) is 11.8 Å². The Bertz CT molecular complexity index is 920. The van der Waals surface area contributed by atoms with E-state index in [0.717, 1.165) is 12.0 Å². The van der Waals surface area contributed by atoms with E-state index < -0.39 is 5.97 Å². The number of hydrogen-bond donors (Lipinski definition) is 0. The zero-order chi connectivity index (χ0) is 19.7. The SMILES string of the molecule is CCC1(C)CCC(C)(C)c2ccc(C#Cc3cnc(C(=O)OC)nc3)cc21. The van der Waals surface area contributed by atoms with Gasteiger partial charge in [-0.05, 0) is 53.4 Å². The van der Waals surface area contributed by atoms with Crippen LogP contribution in [0.3, 0.4) is 0 Å². The van der Waals surface area contributed by atoms with Gasteiger partial charge in [-0.2, -0.15) is 0 Å². The Morgan fingerprint density at radius 1 is 1.07 bits per heavy atom. The summed E-state index contributed by atoms with van der Waals surface area (Å²) in [7, 11) is 1.31. The van der Waals surface area contributed by atoms with E-state index in [2.05, 4.69) is 72.4 Å². The molecule has 1 atom stereocenters. The molecule has 0 bridgehead atoms. The summed E-state index contributed by atoms with van der Waals surface area (Å²) in [5.41, 5.74) is 4.92. The molecule has 1 unspecified atom stereocenters. The fraction of sp³-hybridized carbons (Fsp3) is 0.435. The minimum atomic E-state index is -0.550. The lowest BCUT2D eigenvalue weighted by molar-refractivity contribution is 0.0586. The van der Waals surface area contributed by atoms with Crippen LogP contribution >= 0.6 is 0 Å². The van der Waals surface area contributed by atoms with Gasteiger partial charge in [0.05, 0.1) is 12.7 Å². The molecule has 1 aromatic carbocycles. The number of carbonyl (C=O) groups is 1. The number of nitrogens with zero attached hydrogens (tertiary/aromatic N) is 2. The molecule has 0 saturated carbocycles. The summed E-state index contributed by atoms with van der Waals surface area (Å²) in [6.45, 7) is 9.28. The normalized spacial score (nSPS) is 20.2. The van der Waals surface area contributed by atoms with E-state index in [1.165, 1.54) is 31.1 Å². The Morgan fingerprint density at radius 2 is 1.74 bits per heavy atom. The number of esters is 1. The van der Waals surface area contributed by atoms with Crippen LogP contribution in [0, 0.1) is 11.8 Å². The summed E-state index contributed by atoms with van der Waals surface area (Å²) in [5.74, 6) is 5.80. The van der Waals surface area contributed by atoms with Crippen LogP contribution in [0.2, 0.25) is 0 Å². The number of rotatable bonds is 2. The Kier molecular flexibility index (Phi) is 5.06. The Balaban J connectivity index is 1.93. The van der Waals surface area contributed by atoms with E-state index in [1.807, 2.05) is 0 Å². The molecule has 0 spiro atoms. The fourth-order valence-electron chi connectivity index (χ4n) is 3.67. The second kappa shape index (κ2) is 7.15. The van der Waals surface area contributed by atoms with Gasteiger partial charge in [-0.15, -0.1) is 0 Å². The molecule has 1 aliphatic carbocycles. The van der Waals surface area contributed by atoms with Crippen LogP contribution in [-0.2, 0) is 15.6 Å². The number of ether oxygens (including phenoxy) is 1. The zero-order valence-corrected chi connectivity index (χ0v) is 16.7. The van der Waals surface area contributed by atoms with Crippen LogP contribution < -0.4 is 0 Å². The lowest BCUT2D eigenvalue weighted by Crippen LogP contribution is -2.35. The molecule has 0 fully saturated rings. The van der Waals surface area contributed by atoms with E-state index in [0.29, 0.717) is 5.56 Å². The fourth-order valence-corrected chi connectivity index (χ4v) is 3.67. The molecule has 0 amide bonds. The van der Waals surface area contributed by atoms with E-state index >= 15 is 0 Å². The largest absolute Gasteiger partial charge is 0.463 e. The molecule has 0 saturated heterocycles. The molecule has 1 aromatic heterocycles. The van der Waals surface area contributed by atoms with E-state index in [9.17, 15) is 4.79 Å². The Morgan fingerprint density at radius 3 is 2.37 bits per heavy atom. The minimum absolute atomic E-state index is 0.0396. The van der Waals surface area contributed by atoms with Crippen molar-refractivity contribution in [2.45, 2.75) is 57.8 Å². The van der Waals surface area contributed by atoms with Crippen molar-refractivity contribution in [2.75, 3.05) is 7.11 Å². The maximum absolute atomic E-state index is 11.4. The highest BCUT2D eigenvalue weighted by atomic mass is 16.5. The highest BCUT2D eigenvalue weighted by Crippen LogP contribution is 2.47. The number of carbonyl (C=O) groups excluding carboxylic acids is 1. The van der Waals surface area contributed by atoms with Gasteiger partial charge < -0.3 is 4.74 Å². The molecule has 0 N–H and O–H groups in total. The highest BCUT2D eigenvalue weighted by Gasteiger charge is 2.38. The van der Waals surface area contributed by atoms with Crippen LogP contribution in [0.15, 0.2) is 30.6 Å². The van der Waals surface area contributed by atoms with Crippen LogP contribution in [0.4, 0.5) is 0 Å². The van der Waals surface area contributed by atoms with Crippen molar-refractivity contribution in [2.24, 2.45) is 0 Å². The van der Waals surface area contributed by atoms with E-state index in [1.54, 1.807) is 12.4 Å². The van der Waals surface area contributed by atoms with Gasteiger partial charge in [0.2, 0.25) is 5.82 Å². The predicted molar refractivity (Wildman–Crippen MR) is 106 cm³/mol. The highest BCUT2D eigenvalue weighted by molar-refractivity contribution is 5.84. The molecule has 2 aromatic rings. The molecule has 27 heavy (non-hydrogen) atoms. The van der Waals surface area contributed by atoms with Crippen LogP contribution in [0.5, 0.6) is 0 Å². The van der Waals surface area contributed by atoms with Crippen molar-refractivity contribution < 1.29 is 9.53 Å². The van der Waals surface area contributed by atoms with Gasteiger partial charge in [-0.1, -0.05) is 45.6 Å². The van der Waals surface area contributed by atoms with Gasteiger partial charge in [0, 0.05) is 18.0 Å². The average Bonchev–Trinajstić information content (AvgIpc) is 2.69. The Hall–Kier alpha value is -2.67. The first-order valence-corrected chi connectivity index (χ1v) is 9.36. The second-order valence-corrected chi connectivity index (χ2v) is 8.10. The van der Waals surface area contributed by atoms with Crippen molar-refractivity contribution in [1.29, 1.82) is 0 Å². The third-order valence-corrected chi connectivity index (χ3v) is 5.85. The van der Waals surface area contributed by atoms with Gasteiger partial charge in [-0.3, -0.25) is 0 Å². The monoisotopic (exact) mass is 362 g/mol. The van der Waals surface area contributed by atoms with Gasteiger partial charge in [-0.25, -0.2) is 14.8 Å². The third-order valence-electron chi connectivity index (χ3n) is 5.85. The lowest BCUT2D eigenvalue weighted by Gasteiger charge is -2.43. The summed E-state index contributed by atoms with van der Waals surface area (Å²) in [4.78, 5) is 19.4. The summed E-state index contributed by atoms with van der Waals surface area (Å²) in [6, 6.07) is 6.58. The molecule has 140 valence electrons. The van der Waals surface area contributed by atoms with Crippen molar-refractivity contribution in [1.82, 2.24) is 9.97 Å². The zero-order valence-electron chi connectivity index (χ0n) is 16.7. The molecule has 3 rings (SSSR count). The number of hydrogen-bond acceptors (Lipinski definition) is 4. The van der Waals surface area contributed by atoms with Crippen LogP contribution in [0.1, 0.15) is 79.8 Å². The van der Waals surface area contributed by atoms with Gasteiger partial charge in [0.25, 0.3) is 0 Å². The van der Waals surface area contributed by atoms with Crippen LogP contribution in [0.25, 0.3) is 0 Å². The maximum Gasteiger partial charge on any atom is 0.376 e. The lowest BCUT2D eigenvalue weighted by atomic mass is 9.61. The number of aromatic nitrogens is 2. The summed E-state index contributed by atoms with van der Waals surface area (Å²) in [5, 5.41) is 0. The molecule has 0 radical (unpaired) electrons. The predicted octanol–water partition coefficient (Wildman–Crippen LogP) is 4.40. The summed E-state index contributed by atoms with van der Waals surface area (Å²) < 4.78 is 4.61. The standard InChI is InChI=1S/C23H26N2O2/c1-6-23(4)12-11-22(2,3)18-10-9-16(13-19(18)23)7-8-17-14-24-20(25-15-17)21(26)27-5/h9-10,13-15H,6,11-12H2,1-5H3. The summed E-state index contributed by atoms with van der Waals surface area (Å²) in [6.07, 6.45) is 6.62. The molecule has 1 aliphatic rings. The molecule has 0 aliphatic heterocycles. The molecule has 4 heteroatoms. The van der Waals surface area contributed by atoms with Gasteiger partial charge in [0.1, 0.15) is 0 Å². The molecule has 4 nitrogen and oxygen atoms in total. The van der Waals surface area contributed by atoms with Crippen molar-refractivity contribution in [3.05, 3.63) is 58.7 Å². The van der Waals surface area contributed by atoms with Gasteiger partial charge >= 0.3 is 5.97 Å². The quantitative estimate of drug-likeness (QED) is 0.587. The molecular weight excluding hydrogens is 336 g/mol. The first-order chi connectivity index (χ1) is 12.8. The third kappa shape index (κ3) is 3.73. The number of benzene rings is 1. The Labute approximate surface area is 161 Å². The molecule has 1 heterocycles. The number of fused-ring (bicyclic) bond motifs is 1. The van der Waals surface area contributed by atoms with Crippen LogP contribution in [-0.4, -0.2) is 23.0 Å². The second-order valence-electron chi connectivity index (χ2n) is 8.10. The smallest absolute Gasteiger partial charge is 0.376 e. The minimum Gasteiger partial charge on any atom is -0.463 e. The van der Waals surface area contributed by atoms with E-state index in [-0.39, 0.29) is 16.7 Å². The summed E-state index contributed by atoms with van der Waals surface area (Å²) >= 11 is 0. The van der Waals surface area contributed by atoms with Crippen molar-refractivity contribution in [3.63, 3.8) is 0 Å². The average molecular weight is 362 g/mol.